The van der Waals surface area contributed by atoms with Crippen LogP contribution in [0.3, 0.4) is 0 Å². The van der Waals surface area contributed by atoms with Crippen LogP contribution >= 0.6 is 0 Å². The lowest BCUT2D eigenvalue weighted by Crippen LogP contribution is -2.75. The number of hydrogen-bond acceptors (Lipinski definition) is 4. The number of likely N-dealkylation sites (tertiary alicyclic amines) is 1. The minimum Gasteiger partial charge on any atom is -0.489 e. The minimum absolute atomic E-state index is 0.0280. The Morgan fingerprint density at radius 3 is 2.75 bits per heavy atom. The van der Waals surface area contributed by atoms with Crippen LogP contribution in [0.15, 0.2) is 42.5 Å². The van der Waals surface area contributed by atoms with E-state index in [2.05, 4.69) is 47.4 Å². The van der Waals surface area contributed by atoms with E-state index in [0.29, 0.717) is 12.6 Å². The smallest absolute Gasteiger partial charge is 0.124 e. The zero-order chi connectivity index (χ0) is 21.3. The van der Waals surface area contributed by atoms with Gasteiger partial charge in [-0.15, -0.1) is 0 Å². The molecule has 2 aromatic rings. The molecule has 2 heterocycles. The monoisotopic (exact) mass is 431 g/mol. The van der Waals surface area contributed by atoms with E-state index < -0.39 is 0 Å². The van der Waals surface area contributed by atoms with Crippen molar-refractivity contribution in [1.29, 1.82) is 0 Å². The number of hydrogen-bond donors (Lipinski definition) is 0. The molecule has 4 heteroatoms. The zero-order valence-corrected chi connectivity index (χ0v) is 19.0. The molecule has 2 aliphatic heterocycles. The fourth-order valence-corrected chi connectivity index (χ4v) is 7.74. The highest BCUT2D eigenvalue weighted by Gasteiger charge is 2.72. The second-order valence-corrected chi connectivity index (χ2v) is 10.7. The summed E-state index contributed by atoms with van der Waals surface area (Å²) in [4.78, 5) is 2.78. The molecule has 2 bridgehead atoms. The van der Waals surface area contributed by atoms with Gasteiger partial charge in [-0.1, -0.05) is 30.3 Å². The lowest BCUT2D eigenvalue weighted by Gasteiger charge is -2.64. The SMILES string of the molecule is COC12CCC[C@@H]3Oc4ccc(OCc5ccccc5)c5c4[C@@]31CCN(CC1CC1)[C@@H]2C5. The van der Waals surface area contributed by atoms with Crippen molar-refractivity contribution < 1.29 is 14.2 Å². The zero-order valence-electron chi connectivity index (χ0n) is 19.0. The molecular weight excluding hydrogens is 398 g/mol. The van der Waals surface area contributed by atoms with E-state index in [1.807, 2.05) is 7.11 Å². The van der Waals surface area contributed by atoms with Gasteiger partial charge >= 0.3 is 0 Å². The minimum atomic E-state index is -0.140. The number of piperidine rings is 1. The van der Waals surface area contributed by atoms with Crippen LogP contribution in [0.1, 0.15) is 55.2 Å². The van der Waals surface area contributed by atoms with Crippen LogP contribution in [-0.4, -0.2) is 42.8 Å². The number of ether oxygens (including phenoxy) is 3. The van der Waals surface area contributed by atoms with Gasteiger partial charge < -0.3 is 14.2 Å². The molecule has 1 unspecified atom stereocenters. The molecule has 3 aliphatic carbocycles. The average Bonchev–Trinajstić information content (AvgIpc) is 3.58. The van der Waals surface area contributed by atoms with Crippen LogP contribution in [0.5, 0.6) is 11.5 Å². The van der Waals surface area contributed by atoms with Gasteiger partial charge in [-0.3, -0.25) is 4.90 Å². The first-order chi connectivity index (χ1) is 15.7. The van der Waals surface area contributed by atoms with Crippen LogP contribution in [0.25, 0.3) is 0 Å². The first kappa shape index (κ1) is 19.4. The second-order valence-electron chi connectivity index (χ2n) is 10.7. The van der Waals surface area contributed by atoms with Crippen LogP contribution in [0, 0.1) is 5.92 Å². The fourth-order valence-electron chi connectivity index (χ4n) is 7.74. The summed E-state index contributed by atoms with van der Waals surface area (Å²) in [6.07, 6.45) is 8.63. The van der Waals surface area contributed by atoms with E-state index in [9.17, 15) is 0 Å². The Bertz CT molecular complexity index is 1030. The first-order valence-corrected chi connectivity index (χ1v) is 12.5. The third-order valence-electron chi connectivity index (χ3n) is 9.23. The van der Waals surface area contributed by atoms with Gasteiger partial charge in [0.25, 0.3) is 0 Å². The summed E-state index contributed by atoms with van der Waals surface area (Å²) in [6.45, 7) is 3.00. The molecule has 4 nitrogen and oxygen atoms in total. The van der Waals surface area contributed by atoms with Crippen molar-refractivity contribution in [2.45, 2.75) is 74.7 Å². The molecular formula is C28H33NO3. The molecule has 3 fully saturated rings. The summed E-state index contributed by atoms with van der Waals surface area (Å²) >= 11 is 0. The molecule has 5 aliphatic rings. The molecule has 7 rings (SSSR count). The largest absolute Gasteiger partial charge is 0.489 e. The maximum Gasteiger partial charge on any atom is 0.124 e. The molecule has 0 radical (unpaired) electrons. The quantitative estimate of drug-likeness (QED) is 0.653. The fraction of sp³-hybridized carbons (Fsp3) is 0.571. The van der Waals surface area contributed by atoms with E-state index in [0.717, 1.165) is 43.1 Å². The summed E-state index contributed by atoms with van der Waals surface area (Å²) in [5.41, 5.74) is 3.86. The molecule has 168 valence electrons. The number of rotatable bonds is 6. The Labute approximate surface area is 190 Å². The van der Waals surface area contributed by atoms with Crippen LogP contribution in [-0.2, 0) is 23.2 Å². The highest BCUT2D eigenvalue weighted by molar-refractivity contribution is 5.61. The predicted molar refractivity (Wildman–Crippen MR) is 123 cm³/mol. The first-order valence-electron chi connectivity index (χ1n) is 12.5. The van der Waals surface area contributed by atoms with Gasteiger partial charge in [-0.05, 0) is 75.1 Å². The molecule has 2 saturated carbocycles. The van der Waals surface area contributed by atoms with Crippen molar-refractivity contribution in [2.24, 2.45) is 5.92 Å². The van der Waals surface area contributed by atoms with E-state index in [1.54, 1.807) is 0 Å². The van der Waals surface area contributed by atoms with E-state index in [4.69, 9.17) is 14.2 Å². The van der Waals surface area contributed by atoms with Crippen molar-refractivity contribution in [1.82, 2.24) is 4.90 Å². The van der Waals surface area contributed by atoms with Crippen molar-refractivity contribution in [2.75, 3.05) is 20.2 Å². The normalized spacial score (nSPS) is 34.7. The van der Waals surface area contributed by atoms with Crippen LogP contribution in [0.4, 0.5) is 0 Å². The predicted octanol–water partition coefficient (Wildman–Crippen LogP) is 4.87. The van der Waals surface area contributed by atoms with Crippen molar-refractivity contribution in [3.05, 3.63) is 59.2 Å². The summed E-state index contributed by atoms with van der Waals surface area (Å²) in [6, 6.07) is 15.2. The topological polar surface area (TPSA) is 30.9 Å². The van der Waals surface area contributed by atoms with Gasteiger partial charge in [0, 0.05) is 30.8 Å². The summed E-state index contributed by atoms with van der Waals surface area (Å²) in [5.74, 6) is 3.03. The molecule has 4 atom stereocenters. The van der Waals surface area contributed by atoms with E-state index in [-0.39, 0.29) is 17.1 Å². The van der Waals surface area contributed by atoms with Crippen LogP contribution < -0.4 is 9.47 Å². The Morgan fingerprint density at radius 2 is 1.94 bits per heavy atom. The van der Waals surface area contributed by atoms with Crippen LogP contribution in [0.2, 0.25) is 0 Å². The Morgan fingerprint density at radius 1 is 1.06 bits per heavy atom. The Kier molecular flexibility index (Phi) is 4.24. The van der Waals surface area contributed by atoms with Gasteiger partial charge in [-0.2, -0.15) is 0 Å². The molecule has 32 heavy (non-hydrogen) atoms. The summed E-state index contributed by atoms with van der Waals surface area (Å²) < 4.78 is 19.8. The van der Waals surface area contributed by atoms with Crippen molar-refractivity contribution >= 4 is 0 Å². The third-order valence-corrected chi connectivity index (χ3v) is 9.23. The molecule has 1 spiro atoms. The lowest BCUT2D eigenvalue weighted by molar-refractivity contribution is -0.202. The Hall–Kier alpha value is -2.04. The van der Waals surface area contributed by atoms with Gasteiger partial charge in [-0.25, -0.2) is 0 Å². The Balaban J connectivity index is 1.34. The molecule has 0 aromatic heterocycles. The van der Waals surface area contributed by atoms with E-state index >= 15 is 0 Å². The standard InChI is InChI=1S/C28H33NO3/c1-30-28-13-5-8-25-27(28)14-15-29(17-19-9-10-19)24(28)16-21-22(11-12-23(32-25)26(21)27)31-18-20-6-3-2-4-7-20/h2-4,6-7,11-12,19,24-25H,5,8-10,13-18H2,1H3/t24-,25+,27-,28?/m1/s1. The molecule has 2 aromatic carbocycles. The number of nitrogens with zero attached hydrogens (tertiary/aromatic N) is 1. The second kappa shape index (κ2) is 6.98. The number of methoxy groups -OCH3 is 1. The number of benzene rings is 2. The maximum atomic E-state index is 6.70. The van der Waals surface area contributed by atoms with Gasteiger partial charge in [0.2, 0.25) is 0 Å². The molecule has 0 N–H and O–H groups in total. The third kappa shape index (κ3) is 2.51. The van der Waals surface area contributed by atoms with E-state index in [1.165, 1.54) is 49.0 Å². The molecule has 0 amide bonds. The molecule has 1 saturated heterocycles. The van der Waals surface area contributed by atoms with Crippen molar-refractivity contribution in [3.8, 4) is 11.5 Å². The lowest BCUT2D eigenvalue weighted by atomic mass is 9.49. The summed E-state index contributed by atoms with van der Waals surface area (Å²) in [7, 11) is 1.97. The highest BCUT2D eigenvalue weighted by atomic mass is 16.5. The highest BCUT2D eigenvalue weighted by Crippen LogP contribution is 2.66. The van der Waals surface area contributed by atoms with Crippen molar-refractivity contribution in [3.63, 3.8) is 0 Å². The van der Waals surface area contributed by atoms with Gasteiger partial charge in [0.15, 0.2) is 0 Å². The average molecular weight is 432 g/mol. The maximum absolute atomic E-state index is 6.70. The van der Waals surface area contributed by atoms with Gasteiger partial charge in [0.05, 0.1) is 11.0 Å². The summed E-state index contributed by atoms with van der Waals surface area (Å²) in [5, 5.41) is 0. The van der Waals surface area contributed by atoms with Gasteiger partial charge in [0.1, 0.15) is 24.2 Å².